The molecule has 3 aromatic rings. The van der Waals surface area contributed by atoms with Crippen LogP contribution in [0.2, 0.25) is 0 Å². The molecular formula is C26H23N3O5S. The van der Waals surface area contributed by atoms with E-state index >= 15 is 0 Å². The van der Waals surface area contributed by atoms with Crippen LogP contribution < -0.4 is 15.4 Å². The first-order valence-electron chi connectivity index (χ1n) is 10.6. The Morgan fingerprint density at radius 1 is 1.00 bits per heavy atom. The second-order valence-corrected chi connectivity index (χ2v) is 8.28. The normalized spacial score (nSPS) is 11.0. The minimum absolute atomic E-state index is 0.0327. The zero-order valence-electron chi connectivity index (χ0n) is 19.1. The van der Waals surface area contributed by atoms with Gasteiger partial charge < -0.3 is 20.1 Å². The SMILES string of the molecule is COc1ccccc1NC(=O)C(C)OC(=O)c1ccccc1SCC(=O)Nc1cccc(C#N)c1. The molecule has 0 aliphatic carbocycles. The Kier molecular flexibility index (Phi) is 8.87. The molecule has 0 aliphatic heterocycles. The van der Waals surface area contributed by atoms with Gasteiger partial charge in [0.2, 0.25) is 5.91 Å². The van der Waals surface area contributed by atoms with Crippen molar-refractivity contribution in [1.82, 2.24) is 0 Å². The zero-order valence-corrected chi connectivity index (χ0v) is 19.9. The Morgan fingerprint density at radius 3 is 2.51 bits per heavy atom. The summed E-state index contributed by atoms with van der Waals surface area (Å²) in [5, 5.41) is 14.4. The number of thioether (sulfide) groups is 1. The van der Waals surface area contributed by atoms with Gasteiger partial charge in [0.25, 0.3) is 5.91 Å². The van der Waals surface area contributed by atoms with Crippen molar-refractivity contribution in [3.63, 3.8) is 0 Å². The summed E-state index contributed by atoms with van der Waals surface area (Å²) in [5.74, 6) is -0.966. The molecule has 0 aliphatic rings. The molecule has 1 unspecified atom stereocenters. The highest BCUT2D eigenvalue weighted by Gasteiger charge is 2.22. The summed E-state index contributed by atoms with van der Waals surface area (Å²) in [6, 6.07) is 22.2. The van der Waals surface area contributed by atoms with Crippen LogP contribution >= 0.6 is 11.8 Å². The molecule has 2 N–H and O–H groups in total. The van der Waals surface area contributed by atoms with E-state index in [2.05, 4.69) is 10.6 Å². The highest BCUT2D eigenvalue weighted by atomic mass is 32.2. The first-order valence-corrected chi connectivity index (χ1v) is 11.6. The summed E-state index contributed by atoms with van der Waals surface area (Å²) in [6.45, 7) is 1.47. The molecule has 3 rings (SSSR count). The van der Waals surface area contributed by atoms with Crippen molar-refractivity contribution >= 4 is 40.9 Å². The molecule has 35 heavy (non-hydrogen) atoms. The first kappa shape index (κ1) is 25.3. The molecule has 9 heteroatoms. The van der Waals surface area contributed by atoms with E-state index in [-0.39, 0.29) is 17.2 Å². The van der Waals surface area contributed by atoms with Crippen LogP contribution in [0.3, 0.4) is 0 Å². The maximum atomic E-state index is 12.8. The summed E-state index contributed by atoms with van der Waals surface area (Å²) < 4.78 is 10.6. The molecule has 0 spiro atoms. The van der Waals surface area contributed by atoms with Crippen LogP contribution in [0, 0.1) is 11.3 Å². The smallest absolute Gasteiger partial charge is 0.340 e. The molecule has 8 nitrogen and oxygen atoms in total. The Balaban J connectivity index is 1.60. The largest absolute Gasteiger partial charge is 0.495 e. The third kappa shape index (κ3) is 7.09. The molecule has 0 heterocycles. The molecule has 0 saturated heterocycles. The number of carbonyl (C=O) groups excluding carboxylic acids is 3. The van der Waals surface area contributed by atoms with E-state index in [1.807, 2.05) is 6.07 Å². The highest BCUT2D eigenvalue weighted by Crippen LogP contribution is 2.25. The van der Waals surface area contributed by atoms with Crippen LogP contribution in [-0.4, -0.2) is 36.8 Å². The topological polar surface area (TPSA) is 118 Å². The van der Waals surface area contributed by atoms with Crippen LogP contribution in [0.4, 0.5) is 11.4 Å². The second-order valence-electron chi connectivity index (χ2n) is 7.26. The van der Waals surface area contributed by atoms with Gasteiger partial charge in [0.15, 0.2) is 6.10 Å². The van der Waals surface area contributed by atoms with E-state index < -0.39 is 18.0 Å². The van der Waals surface area contributed by atoms with E-state index in [4.69, 9.17) is 14.7 Å². The fraction of sp³-hybridized carbons (Fsp3) is 0.154. The van der Waals surface area contributed by atoms with Crippen LogP contribution in [-0.2, 0) is 14.3 Å². The Bertz CT molecular complexity index is 1270. The number of esters is 1. The third-order valence-electron chi connectivity index (χ3n) is 4.76. The van der Waals surface area contributed by atoms with Gasteiger partial charge >= 0.3 is 5.97 Å². The van der Waals surface area contributed by atoms with Crippen molar-refractivity contribution in [2.24, 2.45) is 0 Å². The zero-order chi connectivity index (χ0) is 25.2. The lowest BCUT2D eigenvalue weighted by atomic mass is 10.2. The van der Waals surface area contributed by atoms with Crippen molar-refractivity contribution in [3.05, 3.63) is 83.9 Å². The average molecular weight is 490 g/mol. The second kappa shape index (κ2) is 12.3. The van der Waals surface area contributed by atoms with Gasteiger partial charge in [0.1, 0.15) is 5.75 Å². The van der Waals surface area contributed by atoms with Crippen molar-refractivity contribution < 1.29 is 23.9 Å². The minimum Gasteiger partial charge on any atom is -0.495 e. The van der Waals surface area contributed by atoms with Gasteiger partial charge in [-0.3, -0.25) is 9.59 Å². The van der Waals surface area contributed by atoms with Crippen molar-refractivity contribution in [1.29, 1.82) is 5.26 Å². The number of ether oxygens (including phenoxy) is 2. The number of benzene rings is 3. The van der Waals surface area contributed by atoms with Crippen molar-refractivity contribution in [2.45, 2.75) is 17.9 Å². The van der Waals surface area contributed by atoms with Crippen molar-refractivity contribution in [3.8, 4) is 11.8 Å². The molecule has 0 fully saturated rings. The number of nitrogens with one attached hydrogen (secondary N) is 2. The predicted molar refractivity (Wildman–Crippen MR) is 133 cm³/mol. The number of amides is 2. The number of carbonyl (C=O) groups is 3. The van der Waals surface area contributed by atoms with Gasteiger partial charge in [-0.2, -0.15) is 5.26 Å². The molecule has 0 radical (unpaired) electrons. The molecule has 1 atom stereocenters. The van der Waals surface area contributed by atoms with E-state index in [1.165, 1.54) is 14.0 Å². The van der Waals surface area contributed by atoms with Gasteiger partial charge in [-0.05, 0) is 49.4 Å². The lowest BCUT2D eigenvalue weighted by molar-refractivity contribution is -0.123. The first-order chi connectivity index (χ1) is 16.9. The molecule has 0 aromatic heterocycles. The maximum absolute atomic E-state index is 12.8. The quantitative estimate of drug-likeness (QED) is 0.336. The Morgan fingerprint density at radius 2 is 1.74 bits per heavy atom. The molecular weight excluding hydrogens is 466 g/mol. The molecule has 0 saturated carbocycles. The van der Waals surface area contributed by atoms with E-state index in [0.717, 1.165) is 11.8 Å². The number of hydrogen-bond acceptors (Lipinski definition) is 7. The lowest BCUT2D eigenvalue weighted by Gasteiger charge is -2.16. The number of hydrogen-bond donors (Lipinski definition) is 2. The number of anilines is 2. The minimum atomic E-state index is -1.07. The molecule has 0 bridgehead atoms. The van der Waals surface area contributed by atoms with Crippen LogP contribution in [0.25, 0.3) is 0 Å². The monoisotopic (exact) mass is 489 g/mol. The Labute approximate surface area is 207 Å². The number of para-hydroxylation sites is 2. The van der Waals surface area contributed by atoms with Crippen LogP contribution in [0.5, 0.6) is 5.75 Å². The van der Waals surface area contributed by atoms with Gasteiger partial charge in [0, 0.05) is 10.6 Å². The number of nitriles is 1. The van der Waals surface area contributed by atoms with Gasteiger partial charge in [-0.15, -0.1) is 11.8 Å². The number of methoxy groups -OCH3 is 1. The predicted octanol–water partition coefficient (Wildman–Crippen LogP) is 4.48. The summed E-state index contributed by atoms with van der Waals surface area (Å²) in [7, 11) is 1.49. The standard InChI is InChI=1S/C26H23N3O5S/c1-17(25(31)29-21-11-4-5-12-22(21)33-2)34-26(32)20-10-3-6-13-23(20)35-16-24(30)28-19-9-7-8-18(14-19)15-27/h3-14,17H,16H2,1-2H3,(H,28,30)(H,29,31). The molecule has 178 valence electrons. The van der Waals surface area contributed by atoms with Gasteiger partial charge in [-0.25, -0.2) is 4.79 Å². The van der Waals surface area contributed by atoms with Crippen LogP contribution in [0.1, 0.15) is 22.8 Å². The van der Waals surface area contributed by atoms with E-state index in [9.17, 15) is 14.4 Å². The fourth-order valence-electron chi connectivity index (χ4n) is 3.03. The lowest BCUT2D eigenvalue weighted by Crippen LogP contribution is -2.30. The van der Waals surface area contributed by atoms with Crippen LogP contribution in [0.15, 0.2) is 77.7 Å². The molecule has 3 aromatic carbocycles. The summed E-state index contributed by atoms with van der Waals surface area (Å²) in [6.07, 6.45) is -1.07. The number of nitrogens with zero attached hydrogens (tertiary/aromatic N) is 1. The maximum Gasteiger partial charge on any atom is 0.340 e. The summed E-state index contributed by atoms with van der Waals surface area (Å²) in [5.41, 5.74) is 1.66. The van der Waals surface area contributed by atoms with Gasteiger partial charge in [-0.1, -0.05) is 30.3 Å². The van der Waals surface area contributed by atoms with Gasteiger partial charge in [0.05, 0.1) is 35.7 Å². The average Bonchev–Trinajstić information content (AvgIpc) is 2.88. The van der Waals surface area contributed by atoms with E-state index in [1.54, 1.807) is 72.8 Å². The summed E-state index contributed by atoms with van der Waals surface area (Å²) >= 11 is 1.16. The van der Waals surface area contributed by atoms with Crippen molar-refractivity contribution in [2.75, 3.05) is 23.5 Å². The number of rotatable bonds is 9. The molecule has 2 amide bonds. The van der Waals surface area contributed by atoms with E-state index in [0.29, 0.717) is 27.6 Å². The fourth-order valence-corrected chi connectivity index (χ4v) is 3.87. The Hall–Kier alpha value is -4.29. The third-order valence-corrected chi connectivity index (χ3v) is 5.83. The summed E-state index contributed by atoms with van der Waals surface area (Å²) in [4.78, 5) is 38.2. The highest BCUT2D eigenvalue weighted by molar-refractivity contribution is 8.00.